The Balaban J connectivity index is 1.35. The Kier molecular flexibility index (Phi) is 6.04. The van der Waals surface area contributed by atoms with Gasteiger partial charge in [-0.2, -0.15) is 0 Å². The Morgan fingerprint density at radius 1 is 1.10 bits per heavy atom. The van der Waals surface area contributed by atoms with Gasteiger partial charge in [0.05, 0.1) is 12.2 Å². The fourth-order valence-electron chi connectivity index (χ4n) is 3.70. The number of thiazole rings is 1. The molecule has 29 heavy (non-hydrogen) atoms. The predicted molar refractivity (Wildman–Crippen MR) is 117 cm³/mol. The zero-order valence-corrected chi connectivity index (χ0v) is 17.5. The summed E-state index contributed by atoms with van der Waals surface area (Å²) in [6.07, 6.45) is 2.30. The summed E-state index contributed by atoms with van der Waals surface area (Å²) in [6.45, 7) is 6.96. The highest BCUT2D eigenvalue weighted by molar-refractivity contribution is 7.13. The van der Waals surface area contributed by atoms with Crippen molar-refractivity contribution in [3.63, 3.8) is 0 Å². The highest BCUT2D eigenvalue weighted by atomic mass is 32.1. The first-order chi connectivity index (χ1) is 14.1. The molecule has 2 unspecified atom stereocenters. The van der Waals surface area contributed by atoms with E-state index in [9.17, 15) is 4.79 Å². The van der Waals surface area contributed by atoms with Crippen LogP contribution in [0, 0.1) is 0 Å². The van der Waals surface area contributed by atoms with E-state index < -0.39 is 0 Å². The second kappa shape index (κ2) is 8.86. The quantitative estimate of drug-likeness (QED) is 0.668. The molecule has 2 atom stereocenters. The van der Waals surface area contributed by atoms with Crippen molar-refractivity contribution in [2.45, 2.75) is 32.6 Å². The largest absolute Gasteiger partial charge is 0.373 e. The molecule has 0 radical (unpaired) electrons. The summed E-state index contributed by atoms with van der Waals surface area (Å²) in [5, 5.41) is 5.89. The number of carbonyl (C=O) groups is 1. The first-order valence-electron chi connectivity index (χ1n) is 9.85. The summed E-state index contributed by atoms with van der Waals surface area (Å²) in [7, 11) is 0. The Hall–Kier alpha value is -2.54. The Morgan fingerprint density at radius 2 is 1.79 bits per heavy atom. The molecule has 2 aromatic carbocycles. The zero-order valence-electron chi connectivity index (χ0n) is 16.7. The van der Waals surface area contributed by atoms with Crippen LogP contribution in [-0.4, -0.2) is 41.1 Å². The molecule has 3 aromatic rings. The fraction of sp³-hybridized carbons (Fsp3) is 0.304. The third kappa shape index (κ3) is 5.09. The molecule has 1 amide bonds. The molecule has 0 spiro atoms. The van der Waals surface area contributed by atoms with Crippen LogP contribution in [0.3, 0.4) is 0 Å². The fourth-order valence-corrected chi connectivity index (χ4v) is 4.34. The van der Waals surface area contributed by atoms with E-state index in [-0.39, 0.29) is 18.1 Å². The van der Waals surface area contributed by atoms with Gasteiger partial charge in [0, 0.05) is 48.0 Å². The SMILES string of the molecule is CC1CN(Cc2ccc(C(=O)Nc3ccc(-c4nccs4)cc3)cc2)CC(C)O1. The van der Waals surface area contributed by atoms with Gasteiger partial charge < -0.3 is 10.1 Å². The molecule has 6 heteroatoms. The predicted octanol–water partition coefficient (Wildman–Crippen LogP) is 4.67. The van der Waals surface area contributed by atoms with E-state index in [2.05, 4.69) is 29.0 Å². The van der Waals surface area contributed by atoms with Crippen molar-refractivity contribution >= 4 is 22.9 Å². The molecule has 0 saturated carbocycles. The second-order valence-electron chi connectivity index (χ2n) is 7.52. The number of ether oxygens (including phenoxy) is 1. The second-order valence-corrected chi connectivity index (χ2v) is 8.41. The Bertz CT molecular complexity index is 929. The molecule has 1 aromatic heterocycles. The first kappa shape index (κ1) is 19.8. The number of hydrogen-bond acceptors (Lipinski definition) is 5. The van der Waals surface area contributed by atoms with Gasteiger partial charge in [0.15, 0.2) is 0 Å². The summed E-state index contributed by atoms with van der Waals surface area (Å²) in [5.41, 5.74) is 3.68. The molecule has 5 nitrogen and oxygen atoms in total. The number of rotatable bonds is 5. The monoisotopic (exact) mass is 407 g/mol. The lowest BCUT2D eigenvalue weighted by Crippen LogP contribution is -2.44. The lowest BCUT2D eigenvalue weighted by Gasteiger charge is -2.35. The smallest absolute Gasteiger partial charge is 0.255 e. The van der Waals surface area contributed by atoms with Gasteiger partial charge in [0.2, 0.25) is 0 Å². The molecule has 1 saturated heterocycles. The van der Waals surface area contributed by atoms with Gasteiger partial charge in [0.1, 0.15) is 5.01 Å². The van der Waals surface area contributed by atoms with E-state index in [0.717, 1.165) is 35.9 Å². The summed E-state index contributed by atoms with van der Waals surface area (Å²) < 4.78 is 5.79. The minimum Gasteiger partial charge on any atom is -0.373 e. The molecule has 0 bridgehead atoms. The third-order valence-corrected chi connectivity index (χ3v) is 5.76. The Labute approximate surface area is 175 Å². The van der Waals surface area contributed by atoms with Crippen LogP contribution in [0.25, 0.3) is 10.6 Å². The van der Waals surface area contributed by atoms with Gasteiger partial charge in [-0.05, 0) is 55.8 Å². The van der Waals surface area contributed by atoms with Crippen molar-refractivity contribution in [2.75, 3.05) is 18.4 Å². The number of carbonyl (C=O) groups excluding carboxylic acids is 1. The van der Waals surface area contributed by atoms with Crippen molar-refractivity contribution in [3.05, 3.63) is 71.2 Å². The molecule has 4 rings (SSSR count). The van der Waals surface area contributed by atoms with E-state index >= 15 is 0 Å². The number of benzene rings is 2. The third-order valence-electron chi connectivity index (χ3n) is 4.94. The van der Waals surface area contributed by atoms with Crippen molar-refractivity contribution in [2.24, 2.45) is 0 Å². The number of hydrogen-bond donors (Lipinski definition) is 1. The van der Waals surface area contributed by atoms with Crippen LogP contribution in [0.5, 0.6) is 0 Å². The highest BCUT2D eigenvalue weighted by Gasteiger charge is 2.22. The average Bonchev–Trinajstić information content (AvgIpc) is 3.23. The normalized spacial score (nSPS) is 19.8. The van der Waals surface area contributed by atoms with Crippen molar-refractivity contribution in [3.8, 4) is 10.6 Å². The molecule has 1 aliphatic rings. The maximum Gasteiger partial charge on any atom is 0.255 e. The topological polar surface area (TPSA) is 54.5 Å². The van der Waals surface area contributed by atoms with Crippen LogP contribution < -0.4 is 5.32 Å². The molecule has 1 fully saturated rings. The van der Waals surface area contributed by atoms with Gasteiger partial charge in [0.25, 0.3) is 5.91 Å². The summed E-state index contributed by atoms with van der Waals surface area (Å²) in [6, 6.07) is 15.6. The standard InChI is InChI=1S/C23H25N3O2S/c1-16-13-26(14-17(2)28-16)15-18-3-5-19(6-4-18)22(27)25-21-9-7-20(8-10-21)23-24-11-12-29-23/h3-12,16-17H,13-15H2,1-2H3,(H,25,27). The van der Waals surface area contributed by atoms with Crippen molar-refractivity contribution in [1.29, 1.82) is 0 Å². The summed E-state index contributed by atoms with van der Waals surface area (Å²) >= 11 is 1.60. The molecule has 2 heterocycles. The summed E-state index contributed by atoms with van der Waals surface area (Å²) in [4.78, 5) is 19.3. The maximum atomic E-state index is 12.6. The first-order valence-corrected chi connectivity index (χ1v) is 10.7. The molecule has 1 aliphatic heterocycles. The van der Waals surface area contributed by atoms with Gasteiger partial charge in [-0.3, -0.25) is 9.69 Å². The van der Waals surface area contributed by atoms with E-state index in [0.29, 0.717) is 5.56 Å². The molecular weight excluding hydrogens is 382 g/mol. The number of morpholine rings is 1. The Morgan fingerprint density at radius 3 is 2.41 bits per heavy atom. The van der Waals surface area contributed by atoms with Gasteiger partial charge in [-0.15, -0.1) is 11.3 Å². The van der Waals surface area contributed by atoms with E-state index in [4.69, 9.17) is 4.74 Å². The van der Waals surface area contributed by atoms with Crippen LogP contribution in [0.15, 0.2) is 60.1 Å². The highest BCUT2D eigenvalue weighted by Crippen LogP contribution is 2.23. The molecular formula is C23H25N3O2S. The average molecular weight is 408 g/mol. The van der Waals surface area contributed by atoms with Crippen molar-refractivity contribution < 1.29 is 9.53 Å². The van der Waals surface area contributed by atoms with Gasteiger partial charge in [-0.25, -0.2) is 4.98 Å². The number of amides is 1. The number of nitrogens with one attached hydrogen (secondary N) is 1. The van der Waals surface area contributed by atoms with Crippen LogP contribution in [0.2, 0.25) is 0 Å². The van der Waals surface area contributed by atoms with E-state index in [1.807, 2.05) is 53.9 Å². The van der Waals surface area contributed by atoms with Crippen molar-refractivity contribution in [1.82, 2.24) is 9.88 Å². The minimum atomic E-state index is -0.104. The summed E-state index contributed by atoms with van der Waals surface area (Å²) in [5.74, 6) is -0.104. The van der Waals surface area contributed by atoms with Gasteiger partial charge in [-0.1, -0.05) is 12.1 Å². The van der Waals surface area contributed by atoms with Crippen LogP contribution in [0.1, 0.15) is 29.8 Å². The lowest BCUT2D eigenvalue weighted by atomic mass is 10.1. The lowest BCUT2D eigenvalue weighted by molar-refractivity contribution is -0.0704. The van der Waals surface area contributed by atoms with Crippen LogP contribution >= 0.6 is 11.3 Å². The number of nitrogens with zero attached hydrogens (tertiary/aromatic N) is 2. The molecule has 1 N–H and O–H groups in total. The maximum absolute atomic E-state index is 12.6. The number of anilines is 1. The molecule has 0 aliphatic carbocycles. The zero-order chi connectivity index (χ0) is 20.2. The van der Waals surface area contributed by atoms with Crippen LogP contribution in [0.4, 0.5) is 5.69 Å². The van der Waals surface area contributed by atoms with E-state index in [1.54, 1.807) is 17.5 Å². The van der Waals surface area contributed by atoms with E-state index in [1.165, 1.54) is 5.56 Å². The minimum absolute atomic E-state index is 0.104. The van der Waals surface area contributed by atoms with Gasteiger partial charge >= 0.3 is 0 Å². The number of aromatic nitrogens is 1. The van der Waals surface area contributed by atoms with Crippen LogP contribution in [-0.2, 0) is 11.3 Å². The molecule has 150 valence electrons.